The van der Waals surface area contributed by atoms with Crippen molar-refractivity contribution in [3.63, 3.8) is 0 Å². The highest BCUT2D eigenvalue weighted by Crippen LogP contribution is 2.31. The molecule has 11 heteroatoms. The molecule has 0 atom stereocenters. The standard InChI is InChI=1S/C18H18ClN3O5S2/c1-9-6-12(8-23)7-10(2)15(9)20-17(24)16-13(4-5-28-16)29(25,26)22-18-14(19)11(3)21-27-18/h4-7,22-23H,8H2,1-3H3,(H,20,24). The number of nitrogens with one attached hydrogen (secondary N) is 2. The van der Waals surface area contributed by atoms with Crippen molar-refractivity contribution in [1.82, 2.24) is 5.16 Å². The molecule has 2 heterocycles. The van der Waals surface area contributed by atoms with Crippen LogP contribution in [0.4, 0.5) is 11.6 Å². The minimum Gasteiger partial charge on any atom is -0.392 e. The Hall–Kier alpha value is -2.40. The Labute approximate surface area is 176 Å². The van der Waals surface area contributed by atoms with Crippen LogP contribution in [0.15, 0.2) is 33.0 Å². The number of hydrogen-bond donors (Lipinski definition) is 3. The first-order chi connectivity index (χ1) is 13.6. The number of hydrogen-bond acceptors (Lipinski definition) is 7. The highest BCUT2D eigenvalue weighted by atomic mass is 35.5. The Bertz CT molecular complexity index is 1160. The Morgan fingerprint density at radius 3 is 2.48 bits per heavy atom. The van der Waals surface area contributed by atoms with Crippen LogP contribution in [-0.2, 0) is 16.6 Å². The average Bonchev–Trinajstić information content (AvgIpc) is 3.27. The third-order valence-electron chi connectivity index (χ3n) is 4.16. The van der Waals surface area contributed by atoms with Crippen molar-refractivity contribution in [2.24, 2.45) is 0 Å². The second-order valence-corrected chi connectivity index (χ2v) is 9.29. The number of anilines is 2. The molecule has 0 radical (unpaired) electrons. The molecule has 1 amide bonds. The summed E-state index contributed by atoms with van der Waals surface area (Å²) in [5, 5.41) is 17.2. The number of aryl methyl sites for hydroxylation is 3. The van der Waals surface area contributed by atoms with Crippen LogP contribution in [0.5, 0.6) is 0 Å². The molecule has 0 spiro atoms. The van der Waals surface area contributed by atoms with Gasteiger partial charge in [-0.25, -0.2) is 13.1 Å². The van der Waals surface area contributed by atoms with E-state index in [0.29, 0.717) is 11.4 Å². The molecule has 0 bridgehead atoms. The quantitative estimate of drug-likeness (QED) is 0.518. The number of aliphatic hydroxyl groups is 1. The Balaban J connectivity index is 1.90. The van der Waals surface area contributed by atoms with E-state index in [9.17, 15) is 18.3 Å². The predicted octanol–water partition coefficient (Wildman–Crippen LogP) is 3.86. The molecule has 0 aliphatic heterocycles. The number of amides is 1. The summed E-state index contributed by atoms with van der Waals surface area (Å²) in [6, 6.07) is 4.84. The van der Waals surface area contributed by atoms with Crippen molar-refractivity contribution in [3.8, 4) is 0 Å². The van der Waals surface area contributed by atoms with Crippen molar-refractivity contribution < 1.29 is 22.8 Å². The molecular formula is C18H18ClN3O5S2. The summed E-state index contributed by atoms with van der Waals surface area (Å²) in [5.74, 6) is -0.781. The maximum Gasteiger partial charge on any atom is 0.267 e. The van der Waals surface area contributed by atoms with E-state index in [1.165, 1.54) is 11.4 Å². The molecule has 3 aromatic rings. The van der Waals surface area contributed by atoms with Crippen molar-refractivity contribution in [2.45, 2.75) is 32.3 Å². The summed E-state index contributed by atoms with van der Waals surface area (Å²) in [7, 11) is -4.13. The number of carbonyl (C=O) groups excluding carboxylic acids is 1. The molecule has 29 heavy (non-hydrogen) atoms. The van der Waals surface area contributed by atoms with E-state index < -0.39 is 15.9 Å². The lowest BCUT2D eigenvalue weighted by molar-refractivity contribution is 0.102. The van der Waals surface area contributed by atoms with Gasteiger partial charge in [0, 0.05) is 5.69 Å². The summed E-state index contributed by atoms with van der Waals surface area (Å²) in [5.41, 5.74) is 3.13. The van der Waals surface area contributed by atoms with Crippen LogP contribution in [0.1, 0.15) is 32.1 Å². The minimum atomic E-state index is -4.13. The first kappa shape index (κ1) is 21.3. The van der Waals surface area contributed by atoms with E-state index in [2.05, 4.69) is 15.2 Å². The van der Waals surface area contributed by atoms with E-state index in [4.69, 9.17) is 16.1 Å². The topological polar surface area (TPSA) is 122 Å². The van der Waals surface area contributed by atoms with Gasteiger partial charge in [-0.05, 0) is 48.9 Å². The molecule has 0 unspecified atom stereocenters. The van der Waals surface area contributed by atoms with E-state index in [1.807, 2.05) is 0 Å². The maximum atomic E-state index is 12.8. The lowest BCUT2D eigenvalue weighted by atomic mass is 10.0. The molecule has 0 saturated carbocycles. The SMILES string of the molecule is Cc1cc(CO)cc(C)c1NC(=O)c1sccc1S(=O)(=O)Nc1onc(C)c1Cl. The fourth-order valence-electron chi connectivity index (χ4n) is 2.79. The number of aliphatic hydroxyl groups excluding tert-OH is 1. The molecule has 1 aromatic carbocycles. The van der Waals surface area contributed by atoms with Crippen LogP contribution in [0, 0.1) is 20.8 Å². The van der Waals surface area contributed by atoms with E-state index in [1.54, 1.807) is 32.9 Å². The highest BCUT2D eigenvalue weighted by Gasteiger charge is 2.27. The molecule has 0 saturated heterocycles. The molecule has 154 valence electrons. The number of nitrogens with zero attached hydrogens (tertiary/aromatic N) is 1. The van der Waals surface area contributed by atoms with Crippen LogP contribution in [0.2, 0.25) is 5.02 Å². The summed E-state index contributed by atoms with van der Waals surface area (Å²) in [6.45, 7) is 5.05. The highest BCUT2D eigenvalue weighted by molar-refractivity contribution is 7.93. The van der Waals surface area contributed by atoms with Gasteiger partial charge >= 0.3 is 0 Å². The normalized spacial score (nSPS) is 11.5. The van der Waals surface area contributed by atoms with Crippen LogP contribution in [0.25, 0.3) is 0 Å². The first-order valence-electron chi connectivity index (χ1n) is 8.38. The number of sulfonamides is 1. The predicted molar refractivity (Wildman–Crippen MR) is 111 cm³/mol. The van der Waals surface area contributed by atoms with Gasteiger partial charge in [0.05, 0.1) is 6.61 Å². The van der Waals surface area contributed by atoms with Gasteiger partial charge in [0.15, 0.2) is 0 Å². The van der Waals surface area contributed by atoms with Crippen molar-refractivity contribution in [3.05, 3.63) is 55.9 Å². The average molecular weight is 456 g/mol. The number of carbonyl (C=O) groups is 1. The molecule has 0 aliphatic carbocycles. The maximum absolute atomic E-state index is 12.8. The third kappa shape index (κ3) is 4.30. The van der Waals surface area contributed by atoms with Gasteiger partial charge in [-0.3, -0.25) is 4.79 Å². The lowest BCUT2D eigenvalue weighted by Crippen LogP contribution is -2.19. The lowest BCUT2D eigenvalue weighted by Gasteiger charge is -2.13. The number of aromatic nitrogens is 1. The van der Waals surface area contributed by atoms with Crippen LogP contribution in [0.3, 0.4) is 0 Å². The minimum absolute atomic E-state index is 0.00916. The van der Waals surface area contributed by atoms with Crippen molar-refractivity contribution in [2.75, 3.05) is 10.0 Å². The number of benzene rings is 1. The van der Waals surface area contributed by atoms with E-state index in [0.717, 1.165) is 28.0 Å². The monoisotopic (exact) mass is 455 g/mol. The zero-order valence-corrected chi connectivity index (χ0v) is 18.1. The van der Waals surface area contributed by atoms with Crippen molar-refractivity contribution in [1.29, 1.82) is 0 Å². The fraction of sp³-hybridized carbons (Fsp3) is 0.222. The van der Waals surface area contributed by atoms with Crippen LogP contribution in [-0.4, -0.2) is 24.6 Å². The van der Waals surface area contributed by atoms with Gasteiger partial charge in [0.2, 0.25) is 0 Å². The van der Waals surface area contributed by atoms with E-state index in [-0.39, 0.29) is 27.3 Å². The Morgan fingerprint density at radius 2 is 1.93 bits per heavy atom. The molecule has 0 aliphatic rings. The fourth-order valence-corrected chi connectivity index (χ4v) is 5.28. The van der Waals surface area contributed by atoms with Crippen LogP contribution >= 0.6 is 22.9 Å². The second kappa shape index (κ2) is 8.15. The molecule has 3 rings (SSSR count). The zero-order chi connectivity index (χ0) is 21.3. The van der Waals surface area contributed by atoms with Gasteiger partial charge in [-0.15, -0.1) is 11.3 Å². The number of thiophene rings is 1. The molecule has 2 aromatic heterocycles. The molecule has 8 nitrogen and oxygen atoms in total. The Kier molecular flexibility index (Phi) is 5.99. The number of rotatable bonds is 6. The smallest absolute Gasteiger partial charge is 0.267 e. The second-order valence-electron chi connectivity index (χ2n) is 6.35. The van der Waals surface area contributed by atoms with Crippen LogP contribution < -0.4 is 10.0 Å². The molecular weight excluding hydrogens is 438 g/mol. The summed E-state index contributed by atoms with van der Waals surface area (Å²) < 4.78 is 32.6. The first-order valence-corrected chi connectivity index (χ1v) is 11.1. The summed E-state index contributed by atoms with van der Waals surface area (Å²) >= 11 is 6.96. The zero-order valence-electron chi connectivity index (χ0n) is 15.7. The molecule has 3 N–H and O–H groups in total. The summed E-state index contributed by atoms with van der Waals surface area (Å²) in [6.07, 6.45) is 0. The van der Waals surface area contributed by atoms with Gasteiger partial charge in [-0.2, -0.15) is 0 Å². The van der Waals surface area contributed by atoms with Crippen molar-refractivity contribution >= 4 is 50.4 Å². The largest absolute Gasteiger partial charge is 0.392 e. The van der Waals surface area contributed by atoms with Gasteiger partial charge in [0.1, 0.15) is 20.5 Å². The summed E-state index contributed by atoms with van der Waals surface area (Å²) in [4.78, 5) is 12.6. The number of halogens is 1. The third-order valence-corrected chi connectivity index (χ3v) is 7.02. The van der Waals surface area contributed by atoms with Gasteiger partial charge in [0.25, 0.3) is 21.8 Å². The van der Waals surface area contributed by atoms with E-state index >= 15 is 0 Å². The molecule has 0 fully saturated rings. The Morgan fingerprint density at radius 1 is 1.28 bits per heavy atom. The van der Waals surface area contributed by atoms with Gasteiger partial charge < -0.3 is 14.9 Å². The van der Waals surface area contributed by atoms with Gasteiger partial charge in [-0.1, -0.05) is 28.9 Å².